The number of fused-ring (bicyclic) bond motifs is 1. The van der Waals surface area contributed by atoms with E-state index in [1.807, 2.05) is 6.07 Å². The molecule has 1 heterocycles. The molecule has 156 valence electrons. The summed E-state index contributed by atoms with van der Waals surface area (Å²) in [7, 11) is -3.26. The normalized spacial score (nSPS) is 13.6. The largest absolute Gasteiger partial charge is 0.403 e. The topological polar surface area (TPSA) is 102 Å². The number of hydrogen-bond donors (Lipinski definition) is 1. The predicted octanol–water partition coefficient (Wildman–Crippen LogP) is 3.59. The molecule has 8 heteroatoms. The van der Waals surface area contributed by atoms with Crippen LogP contribution in [0.3, 0.4) is 0 Å². The molecule has 1 aromatic heterocycles. The first-order valence-electron chi connectivity index (χ1n) is 10.0. The highest BCUT2D eigenvalue weighted by Crippen LogP contribution is 2.27. The van der Waals surface area contributed by atoms with Crippen LogP contribution in [0.25, 0.3) is 11.5 Å². The fourth-order valence-corrected chi connectivity index (χ4v) is 4.47. The van der Waals surface area contributed by atoms with Crippen molar-refractivity contribution in [3.8, 4) is 11.5 Å². The van der Waals surface area contributed by atoms with Gasteiger partial charge >= 0.3 is 6.01 Å². The lowest BCUT2D eigenvalue weighted by molar-refractivity contribution is -0.115. The number of aromatic nitrogens is 2. The van der Waals surface area contributed by atoms with Crippen LogP contribution in [0.4, 0.5) is 6.01 Å². The summed E-state index contributed by atoms with van der Waals surface area (Å²) in [6, 6.07) is 12.5. The fraction of sp³-hybridized carbons (Fsp3) is 0.318. The number of rotatable bonds is 6. The number of sulfone groups is 1. The molecule has 4 rings (SSSR count). The van der Waals surface area contributed by atoms with Crippen LogP contribution in [0.2, 0.25) is 0 Å². The fourth-order valence-electron chi connectivity index (χ4n) is 3.59. The summed E-state index contributed by atoms with van der Waals surface area (Å²) in [5, 5.41) is 10.6. The van der Waals surface area contributed by atoms with Gasteiger partial charge in [0.1, 0.15) is 0 Å². The molecule has 3 aromatic rings. The Balaban J connectivity index is 1.41. The third kappa shape index (κ3) is 4.43. The Morgan fingerprint density at radius 2 is 1.77 bits per heavy atom. The lowest BCUT2D eigenvalue weighted by atomic mass is 9.90. The van der Waals surface area contributed by atoms with Crippen molar-refractivity contribution in [2.24, 2.45) is 0 Å². The molecule has 1 amide bonds. The first kappa shape index (κ1) is 20.3. The van der Waals surface area contributed by atoms with Gasteiger partial charge in [-0.2, -0.15) is 0 Å². The Bertz CT molecular complexity index is 1170. The number of carbonyl (C=O) groups is 1. The molecule has 0 saturated heterocycles. The van der Waals surface area contributed by atoms with Crippen LogP contribution in [0.5, 0.6) is 0 Å². The van der Waals surface area contributed by atoms with Crippen LogP contribution in [-0.4, -0.2) is 30.3 Å². The van der Waals surface area contributed by atoms with Crippen molar-refractivity contribution in [3.63, 3.8) is 0 Å². The smallest absolute Gasteiger partial charge is 0.322 e. The highest BCUT2D eigenvalue weighted by Gasteiger charge is 2.16. The zero-order valence-electron chi connectivity index (χ0n) is 16.7. The monoisotopic (exact) mass is 425 g/mol. The number of nitrogens with zero attached hydrogens (tertiary/aromatic N) is 2. The number of hydrogen-bond acceptors (Lipinski definition) is 6. The minimum absolute atomic E-state index is 0.0382. The number of amides is 1. The van der Waals surface area contributed by atoms with Gasteiger partial charge in [-0.15, -0.1) is 5.10 Å². The van der Waals surface area contributed by atoms with Crippen LogP contribution in [0.1, 0.15) is 36.5 Å². The Hall–Kier alpha value is -3.00. The van der Waals surface area contributed by atoms with Crippen LogP contribution in [0.15, 0.2) is 51.8 Å². The van der Waals surface area contributed by atoms with E-state index in [0.717, 1.165) is 18.4 Å². The number of anilines is 1. The second kappa shape index (κ2) is 8.39. The highest BCUT2D eigenvalue weighted by molar-refractivity contribution is 7.91. The Labute approximate surface area is 175 Å². The van der Waals surface area contributed by atoms with Gasteiger partial charge in [-0.25, -0.2) is 8.42 Å². The second-order valence-corrected chi connectivity index (χ2v) is 9.65. The van der Waals surface area contributed by atoms with Gasteiger partial charge in [0.2, 0.25) is 11.8 Å². The molecule has 30 heavy (non-hydrogen) atoms. The van der Waals surface area contributed by atoms with Crippen molar-refractivity contribution in [1.29, 1.82) is 0 Å². The van der Waals surface area contributed by atoms with Gasteiger partial charge < -0.3 is 4.42 Å². The second-order valence-electron chi connectivity index (χ2n) is 7.38. The van der Waals surface area contributed by atoms with Crippen molar-refractivity contribution in [3.05, 3.63) is 59.2 Å². The molecular weight excluding hydrogens is 402 g/mol. The zero-order valence-corrected chi connectivity index (χ0v) is 17.5. The van der Waals surface area contributed by atoms with Crippen molar-refractivity contribution in [1.82, 2.24) is 10.2 Å². The number of aryl methyl sites for hydroxylation is 2. The molecule has 0 atom stereocenters. The van der Waals surface area contributed by atoms with Crippen molar-refractivity contribution in [2.75, 3.05) is 11.1 Å². The molecule has 0 radical (unpaired) electrons. The molecule has 0 bridgehead atoms. The maximum absolute atomic E-state index is 12.3. The van der Waals surface area contributed by atoms with E-state index in [1.54, 1.807) is 19.1 Å². The average molecular weight is 426 g/mol. The van der Waals surface area contributed by atoms with Gasteiger partial charge in [-0.1, -0.05) is 30.2 Å². The van der Waals surface area contributed by atoms with Crippen LogP contribution in [0, 0.1) is 0 Å². The Kier molecular flexibility index (Phi) is 5.67. The van der Waals surface area contributed by atoms with Gasteiger partial charge in [0.25, 0.3) is 0 Å². The zero-order chi connectivity index (χ0) is 21.1. The maximum Gasteiger partial charge on any atom is 0.322 e. The molecule has 7 nitrogen and oxygen atoms in total. The summed E-state index contributed by atoms with van der Waals surface area (Å²) in [6.07, 6.45) is 4.64. The average Bonchev–Trinajstić information content (AvgIpc) is 3.22. The Morgan fingerprint density at radius 1 is 1.03 bits per heavy atom. The summed E-state index contributed by atoms with van der Waals surface area (Å²) in [4.78, 5) is 12.6. The summed E-state index contributed by atoms with van der Waals surface area (Å²) >= 11 is 0. The molecule has 0 spiro atoms. The number of carbonyl (C=O) groups excluding carboxylic acids is 1. The van der Waals surface area contributed by atoms with E-state index in [9.17, 15) is 13.2 Å². The van der Waals surface area contributed by atoms with Gasteiger partial charge in [0, 0.05) is 5.56 Å². The minimum Gasteiger partial charge on any atom is -0.403 e. The summed E-state index contributed by atoms with van der Waals surface area (Å²) in [5.41, 5.74) is 4.22. The third-order valence-electron chi connectivity index (χ3n) is 5.29. The maximum atomic E-state index is 12.3. The molecule has 0 aliphatic heterocycles. The van der Waals surface area contributed by atoms with Gasteiger partial charge in [-0.05, 0) is 66.6 Å². The van der Waals surface area contributed by atoms with E-state index in [-0.39, 0.29) is 29.0 Å². The van der Waals surface area contributed by atoms with E-state index in [0.29, 0.717) is 11.5 Å². The SMILES string of the molecule is CCS(=O)(=O)c1ccc(CC(=O)Nc2nnc(-c3ccc4c(c3)CCCC4)o2)cc1. The van der Waals surface area contributed by atoms with Gasteiger partial charge in [0.15, 0.2) is 9.84 Å². The lowest BCUT2D eigenvalue weighted by Gasteiger charge is -2.15. The van der Waals surface area contributed by atoms with Crippen LogP contribution < -0.4 is 5.32 Å². The molecule has 0 unspecified atom stereocenters. The van der Waals surface area contributed by atoms with E-state index < -0.39 is 9.84 Å². The highest BCUT2D eigenvalue weighted by atomic mass is 32.2. The first-order valence-corrected chi connectivity index (χ1v) is 11.7. The predicted molar refractivity (Wildman–Crippen MR) is 113 cm³/mol. The van der Waals surface area contributed by atoms with Crippen molar-refractivity contribution in [2.45, 2.75) is 43.9 Å². The summed E-state index contributed by atoms with van der Waals surface area (Å²) < 4.78 is 29.3. The van der Waals surface area contributed by atoms with Gasteiger partial charge in [-0.3, -0.25) is 10.1 Å². The van der Waals surface area contributed by atoms with E-state index in [1.165, 1.54) is 36.1 Å². The molecule has 1 aliphatic carbocycles. The number of nitrogens with one attached hydrogen (secondary N) is 1. The molecule has 1 N–H and O–H groups in total. The molecule has 1 aliphatic rings. The summed E-state index contributed by atoms with van der Waals surface area (Å²) in [6.45, 7) is 1.60. The molecular formula is C22H23N3O4S. The van der Waals surface area contributed by atoms with Crippen molar-refractivity contribution >= 4 is 21.8 Å². The Morgan fingerprint density at radius 3 is 2.50 bits per heavy atom. The summed E-state index contributed by atoms with van der Waals surface area (Å²) in [5.74, 6) is 0.0887. The first-order chi connectivity index (χ1) is 14.4. The number of benzene rings is 2. The van der Waals surface area contributed by atoms with Crippen LogP contribution in [-0.2, 0) is 33.9 Å². The van der Waals surface area contributed by atoms with Crippen molar-refractivity contribution < 1.29 is 17.6 Å². The molecule has 0 fully saturated rings. The van der Waals surface area contributed by atoms with E-state index in [2.05, 4.69) is 27.6 Å². The standard InChI is InChI=1S/C22H23N3O4S/c1-2-30(27,28)19-11-7-15(8-12-19)13-20(26)23-22-25-24-21(29-22)18-10-9-16-5-3-4-6-17(16)14-18/h7-12,14H,2-6,13H2,1H3,(H,23,25,26). The third-order valence-corrected chi connectivity index (χ3v) is 7.04. The quantitative estimate of drug-likeness (QED) is 0.647. The molecule has 2 aromatic carbocycles. The van der Waals surface area contributed by atoms with E-state index >= 15 is 0 Å². The lowest BCUT2D eigenvalue weighted by Crippen LogP contribution is -2.14. The molecule has 0 saturated carbocycles. The minimum atomic E-state index is -3.26. The van der Waals surface area contributed by atoms with Gasteiger partial charge in [0.05, 0.1) is 17.1 Å². The van der Waals surface area contributed by atoms with Crippen LogP contribution >= 0.6 is 0 Å². The van der Waals surface area contributed by atoms with E-state index in [4.69, 9.17) is 4.42 Å².